The molecule has 2 aromatic heterocycles. The number of ether oxygens (including phenoxy) is 1. The van der Waals surface area contributed by atoms with Crippen molar-refractivity contribution in [2.45, 2.75) is 26.0 Å². The van der Waals surface area contributed by atoms with Gasteiger partial charge in [0.15, 0.2) is 5.76 Å². The lowest BCUT2D eigenvalue weighted by atomic mass is 9.93. The molecule has 0 fully saturated rings. The first-order chi connectivity index (χ1) is 11.3. The van der Waals surface area contributed by atoms with Crippen LogP contribution in [0.2, 0.25) is 0 Å². The van der Waals surface area contributed by atoms with Crippen molar-refractivity contribution >= 4 is 0 Å². The zero-order chi connectivity index (χ0) is 15.8. The molecule has 118 valence electrons. The molecule has 0 atom stereocenters. The van der Waals surface area contributed by atoms with Crippen LogP contribution in [0, 0.1) is 0 Å². The molecule has 0 saturated carbocycles. The number of nitrogens with zero attached hydrogens (tertiary/aromatic N) is 2. The van der Waals surface area contributed by atoms with E-state index in [1.165, 1.54) is 11.1 Å². The summed E-state index contributed by atoms with van der Waals surface area (Å²) >= 11 is 0. The first kappa shape index (κ1) is 14.1. The highest BCUT2D eigenvalue weighted by Gasteiger charge is 2.25. The predicted molar refractivity (Wildman–Crippen MR) is 85.4 cm³/mol. The van der Waals surface area contributed by atoms with E-state index in [0.717, 1.165) is 42.0 Å². The number of aliphatic hydroxyl groups is 1. The number of aromatic nitrogens is 2. The minimum absolute atomic E-state index is 0.0707. The van der Waals surface area contributed by atoms with Crippen LogP contribution in [0.5, 0.6) is 5.75 Å². The molecule has 1 aromatic carbocycles. The van der Waals surface area contributed by atoms with Crippen LogP contribution in [0.25, 0.3) is 11.3 Å². The minimum Gasteiger partial charge on any atom is -0.497 e. The van der Waals surface area contributed by atoms with Crippen molar-refractivity contribution in [2.24, 2.45) is 0 Å². The van der Waals surface area contributed by atoms with E-state index in [4.69, 9.17) is 9.26 Å². The Bertz CT molecular complexity index is 848. The molecule has 1 N–H and O–H groups in total. The third-order valence-corrected chi connectivity index (χ3v) is 4.37. The number of hydrogen-bond acceptors (Lipinski definition) is 4. The standard InChI is InChI=1S/C18H18N2O3/c1-22-14-4-2-3-12(7-14)8-20-9-13-5-6-15-17(11-21)19-23-18(15)16(13)10-20/h2-4,7,9-10,21H,5-6,8,11H2,1H3. The maximum absolute atomic E-state index is 9.34. The van der Waals surface area contributed by atoms with Crippen molar-refractivity contribution in [1.29, 1.82) is 0 Å². The van der Waals surface area contributed by atoms with Crippen LogP contribution in [0.3, 0.4) is 0 Å². The summed E-state index contributed by atoms with van der Waals surface area (Å²) in [6.45, 7) is 0.708. The van der Waals surface area contributed by atoms with Gasteiger partial charge in [0.05, 0.1) is 13.7 Å². The second-order valence-electron chi connectivity index (χ2n) is 5.82. The average molecular weight is 310 g/mol. The number of fused-ring (bicyclic) bond motifs is 3. The van der Waals surface area contributed by atoms with Gasteiger partial charge < -0.3 is 18.9 Å². The van der Waals surface area contributed by atoms with E-state index < -0.39 is 0 Å². The summed E-state index contributed by atoms with van der Waals surface area (Å²) in [4.78, 5) is 0. The molecule has 0 radical (unpaired) electrons. The van der Waals surface area contributed by atoms with Gasteiger partial charge in [0.2, 0.25) is 0 Å². The summed E-state index contributed by atoms with van der Waals surface area (Å²) in [5, 5.41) is 13.3. The van der Waals surface area contributed by atoms with Gasteiger partial charge >= 0.3 is 0 Å². The third kappa shape index (κ3) is 2.43. The number of aryl methyl sites for hydroxylation is 1. The van der Waals surface area contributed by atoms with E-state index in [0.29, 0.717) is 5.69 Å². The largest absolute Gasteiger partial charge is 0.497 e. The van der Waals surface area contributed by atoms with E-state index in [2.05, 4.69) is 28.2 Å². The molecule has 3 aromatic rings. The van der Waals surface area contributed by atoms with Crippen LogP contribution in [0.4, 0.5) is 0 Å². The van der Waals surface area contributed by atoms with Gasteiger partial charge in [-0.05, 0) is 36.1 Å². The lowest BCUT2D eigenvalue weighted by Crippen LogP contribution is -2.01. The zero-order valence-corrected chi connectivity index (χ0v) is 13.0. The highest BCUT2D eigenvalue weighted by molar-refractivity contribution is 5.68. The number of aliphatic hydroxyl groups excluding tert-OH is 1. The van der Waals surface area contributed by atoms with Gasteiger partial charge in [0.25, 0.3) is 0 Å². The molecule has 0 amide bonds. The molecule has 2 heterocycles. The Hall–Kier alpha value is -2.53. The van der Waals surface area contributed by atoms with Gasteiger partial charge in [-0.25, -0.2) is 0 Å². The maximum Gasteiger partial charge on any atom is 0.172 e. The third-order valence-electron chi connectivity index (χ3n) is 4.37. The smallest absolute Gasteiger partial charge is 0.172 e. The molecular formula is C18H18N2O3. The van der Waals surface area contributed by atoms with Gasteiger partial charge in [-0.2, -0.15) is 0 Å². The first-order valence-electron chi connectivity index (χ1n) is 7.68. The van der Waals surface area contributed by atoms with Crippen LogP contribution in [-0.2, 0) is 26.0 Å². The highest BCUT2D eigenvalue weighted by Crippen LogP contribution is 2.36. The van der Waals surface area contributed by atoms with Gasteiger partial charge in [0.1, 0.15) is 11.4 Å². The summed E-state index contributed by atoms with van der Waals surface area (Å²) in [6.07, 6.45) is 6.07. The lowest BCUT2D eigenvalue weighted by Gasteiger charge is -2.09. The molecule has 23 heavy (non-hydrogen) atoms. The Morgan fingerprint density at radius 3 is 3.04 bits per heavy atom. The number of benzene rings is 1. The van der Waals surface area contributed by atoms with Gasteiger partial charge in [-0.3, -0.25) is 0 Å². The molecule has 0 spiro atoms. The highest BCUT2D eigenvalue weighted by atomic mass is 16.5. The number of hydrogen-bond donors (Lipinski definition) is 1. The van der Waals surface area contributed by atoms with E-state index in [9.17, 15) is 5.11 Å². The van der Waals surface area contributed by atoms with Crippen molar-refractivity contribution in [2.75, 3.05) is 7.11 Å². The first-order valence-corrected chi connectivity index (χ1v) is 7.68. The van der Waals surface area contributed by atoms with E-state index in [1.54, 1.807) is 7.11 Å². The maximum atomic E-state index is 9.34. The van der Waals surface area contributed by atoms with Crippen molar-refractivity contribution < 1.29 is 14.4 Å². The molecule has 0 bridgehead atoms. The van der Waals surface area contributed by atoms with E-state index in [-0.39, 0.29) is 6.61 Å². The van der Waals surface area contributed by atoms with Crippen molar-refractivity contribution in [3.05, 3.63) is 59.0 Å². The Balaban J connectivity index is 1.66. The van der Waals surface area contributed by atoms with Crippen molar-refractivity contribution in [3.63, 3.8) is 0 Å². The quantitative estimate of drug-likeness (QED) is 0.805. The Kier molecular flexibility index (Phi) is 3.42. The van der Waals surface area contributed by atoms with E-state index in [1.807, 2.05) is 18.2 Å². The van der Waals surface area contributed by atoms with Crippen LogP contribution < -0.4 is 4.74 Å². The molecule has 0 unspecified atom stereocenters. The summed E-state index contributed by atoms with van der Waals surface area (Å²) in [5.41, 5.74) is 5.23. The summed E-state index contributed by atoms with van der Waals surface area (Å²) in [7, 11) is 1.68. The molecule has 1 aliphatic carbocycles. The van der Waals surface area contributed by atoms with Gasteiger partial charge in [-0.15, -0.1) is 0 Å². The molecule has 4 rings (SSSR count). The number of methoxy groups -OCH3 is 1. The average Bonchev–Trinajstić information content (AvgIpc) is 3.17. The fraction of sp³-hybridized carbons (Fsp3) is 0.278. The molecule has 1 aliphatic rings. The SMILES string of the molecule is COc1cccc(Cn2cc3c(c2)-c2onc(CO)c2CC3)c1. The van der Waals surface area contributed by atoms with Crippen LogP contribution >= 0.6 is 0 Å². The Labute approximate surface area is 134 Å². The summed E-state index contributed by atoms with van der Waals surface area (Å²) in [5.74, 6) is 1.67. The normalized spacial score (nSPS) is 12.8. The van der Waals surface area contributed by atoms with Gasteiger partial charge in [0, 0.05) is 30.1 Å². The van der Waals surface area contributed by atoms with Crippen LogP contribution in [0.15, 0.2) is 41.2 Å². The minimum atomic E-state index is -0.0707. The molecule has 5 nitrogen and oxygen atoms in total. The predicted octanol–water partition coefficient (Wildman–Crippen LogP) is 2.79. The Morgan fingerprint density at radius 1 is 1.30 bits per heavy atom. The zero-order valence-electron chi connectivity index (χ0n) is 13.0. The van der Waals surface area contributed by atoms with Gasteiger partial charge in [-0.1, -0.05) is 17.3 Å². The second-order valence-corrected chi connectivity index (χ2v) is 5.82. The van der Waals surface area contributed by atoms with Crippen molar-refractivity contribution in [3.8, 4) is 17.1 Å². The Morgan fingerprint density at radius 2 is 2.22 bits per heavy atom. The second kappa shape index (κ2) is 5.59. The monoisotopic (exact) mass is 310 g/mol. The fourth-order valence-electron chi connectivity index (χ4n) is 3.23. The van der Waals surface area contributed by atoms with Crippen molar-refractivity contribution in [1.82, 2.24) is 9.72 Å². The van der Waals surface area contributed by atoms with E-state index >= 15 is 0 Å². The number of rotatable bonds is 4. The summed E-state index contributed by atoms with van der Waals surface area (Å²) < 4.78 is 12.9. The molecule has 0 aliphatic heterocycles. The lowest BCUT2D eigenvalue weighted by molar-refractivity contribution is 0.266. The summed E-state index contributed by atoms with van der Waals surface area (Å²) in [6, 6.07) is 8.08. The molecular weight excluding hydrogens is 292 g/mol. The fourth-order valence-corrected chi connectivity index (χ4v) is 3.23. The molecule has 0 saturated heterocycles. The van der Waals surface area contributed by atoms with Crippen LogP contribution in [-0.4, -0.2) is 21.9 Å². The van der Waals surface area contributed by atoms with Crippen LogP contribution in [0.1, 0.15) is 22.4 Å². The topological polar surface area (TPSA) is 60.4 Å². The molecule has 5 heteroatoms.